The molecule has 0 saturated carbocycles. The fraction of sp³-hybridized carbons (Fsp3) is 0.188. The number of benzene rings is 2. The average Bonchev–Trinajstić information content (AvgIpc) is 2.54. The zero-order valence-corrected chi connectivity index (χ0v) is 14.1. The van der Waals surface area contributed by atoms with Crippen molar-refractivity contribution in [2.45, 2.75) is 13.1 Å². The van der Waals surface area contributed by atoms with Gasteiger partial charge in [-0.3, -0.25) is 14.9 Å². The van der Waals surface area contributed by atoms with Gasteiger partial charge in [0.15, 0.2) is 0 Å². The van der Waals surface area contributed by atoms with E-state index < -0.39 is 27.6 Å². The van der Waals surface area contributed by atoms with Crippen LogP contribution in [0.4, 0.5) is 30.2 Å². The Labute approximate surface area is 151 Å². The van der Waals surface area contributed by atoms with Crippen LogP contribution in [0.15, 0.2) is 36.4 Å². The highest BCUT2D eigenvalue weighted by atomic mass is 35.5. The number of alkyl halides is 3. The van der Waals surface area contributed by atoms with Gasteiger partial charge in [-0.1, -0.05) is 17.7 Å². The molecule has 0 bridgehead atoms. The third kappa shape index (κ3) is 4.63. The molecule has 0 saturated heterocycles. The van der Waals surface area contributed by atoms with Crippen molar-refractivity contribution in [2.75, 3.05) is 17.2 Å². The lowest BCUT2D eigenvalue weighted by Gasteiger charge is -2.13. The van der Waals surface area contributed by atoms with E-state index in [0.717, 1.165) is 12.1 Å². The Morgan fingerprint density at radius 3 is 2.58 bits per heavy atom. The van der Waals surface area contributed by atoms with Gasteiger partial charge in [-0.05, 0) is 31.2 Å². The third-order valence-electron chi connectivity index (χ3n) is 3.50. The van der Waals surface area contributed by atoms with Crippen molar-refractivity contribution < 1.29 is 22.9 Å². The highest BCUT2D eigenvalue weighted by Gasteiger charge is 2.33. The maximum Gasteiger partial charge on any atom is 0.417 e. The maximum absolute atomic E-state index is 12.8. The Hall–Kier alpha value is -2.81. The number of nitrogens with one attached hydrogen (secondary N) is 2. The summed E-state index contributed by atoms with van der Waals surface area (Å²) >= 11 is 5.53. The Kier molecular flexibility index (Phi) is 5.71. The molecule has 2 aromatic carbocycles. The smallest absolute Gasteiger partial charge is 0.376 e. The van der Waals surface area contributed by atoms with Crippen molar-refractivity contribution in [1.82, 2.24) is 0 Å². The first kappa shape index (κ1) is 19.5. The minimum Gasteiger partial charge on any atom is -0.376 e. The number of amides is 1. The van der Waals surface area contributed by atoms with Crippen LogP contribution < -0.4 is 10.6 Å². The molecule has 26 heavy (non-hydrogen) atoms. The summed E-state index contributed by atoms with van der Waals surface area (Å²) in [5, 5.41) is 15.5. The molecular weight excluding hydrogens is 375 g/mol. The fourth-order valence-corrected chi connectivity index (χ4v) is 2.41. The number of hydrogen-bond acceptors (Lipinski definition) is 4. The molecule has 0 fully saturated rings. The SMILES string of the molecule is Cc1c(NC(=O)CNc2ccc(Cl)c(C(F)(F)F)c2)cccc1[N+](=O)[O-]. The van der Waals surface area contributed by atoms with Crippen LogP contribution in [-0.4, -0.2) is 17.4 Å². The first-order valence-electron chi connectivity index (χ1n) is 7.24. The van der Waals surface area contributed by atoms with E-state index in [-0.39, 0.29) is 29.2 Å². The zero-order chi connectivity index (χ0) is 19.5. The minimum atomic E-state index is -4.61. The Morgan fingerprint density at radius 1 is 1.27 bits per heavy atom. The van der Waals surface area contributed by atoms with Crippen molar-refractivity contribution in [1.29, 1.82) is 0 Å². The molecule has 0 aliphatic heterocycles. The number of anilines is 2. The number of rotatable bonds is 5. The molecule has 0 atom stereocenters. The summed E-state index contributed by atoms with van der Waals surface area (Å²) < 4.78 is 38.4. The molecule has 2 N–H and O–H groups in total. The van der Waals surface area contributed by atoms with Crippen LogP contribution >= 0.6 is 11.6 Å². The average molecular weight is 388 g/mol. The standard InChI is InChI=1S/C16H13ClF3N3O3/c1-9-13(3-2-4-14(9)23(25)26)22-15(24)8-21-10-5-6-12(17)11(7-10)16(18,19)20/h2-7,21H,8H2,1H3,(H,22,24). The molecule has 0 radical (unpaired) electrons. The van der Waals surface area contributed by atoms with Crippen LogP contribution in [0, 0.1) is 17.0 Å². The molecule has 0 spiro atoms. The van der Waals surface area contributed by atoms with Crippen LogP contribution in [0.1, 0.15) is 11.1 Å². The summed E-state index contributed by atoms with van der Waals surface area (Å²) in [5.41, 5.74) is -0.579. The second kappa shape index (κ2) is 7.61. The molecule has 0 aromatic heterocycles. The van der Waals surface area contributed by atoms with Crippen LogP contribution in [-0.2, 0) is 11.0 Å². The molecule has 10 heteroatoms. The summed E-state index contributed by atoms with van der Waals surface area (Å²) in [6, 6.07) is 7.40. The van der Waals surface area contributed by atoms with E-state index >= 15 is 0 Å². The van der Waals surface area contributed by atoms with E-state index in [2.05, 4.69) is 10.6 Å². The van der Waals surface area contributed by atoms with Gasteiger partial charge in [0.1, 0.15) is 0 Å². The van der Waals surface area contributed by atoms with Crippen LogP contribution in [0.2, 0.25) is 5.02 Å². The van der Waals surface area contributed by atoms with Crippen LogP contribution in [0.3, 0.4) is 0 Å². The van der Waals surface area contributed by atoms with Gasteiger partial charge < -0.3 is 10.6 Å². The largest absolute Gasteiger partial charge is 0.417 e. The lowest BCUT2D eigenvalue weighted by molar-refractivity contribution is -0.385. The van der Waals surface area contributed by atoms with Crippen LogP contribution in [0.5, 0.6) is 0 Å². The van der Waals surface area contributed by atoms with Gasteiger partial charge in [0.05, 0.1) is 33.3 Å². The van der Waals surface area contributed by atoms with Gasteiger partial charge in [0.2, 0.25) is 5.91 Å². The Morgan fingerprint density at radius 2 is 1.96 bits per heavy atom. The van der Waals surface area contributed by atoms with E-state index in [1.807, 2.05) is 0 Å². The minimum absolute atomic E-state index is 0.0626. The number of carbonyl (C=O) groups excluding carboxylic acids is 1. The normalized spacial score (nSPS) is 11.1. The topological polar surface area (TPSA) is 84.3 Å². The molecule has 0 aliphatic rings. The molecule has 0 heterocycles. The highest BCUT2D eigenvalue weighted by molar-refractivity contribution is 6.31. The number of hydrogen-bond donors (Lipinski definition) is 2. The number of nitro groups is 1. The van der Waals surface area contributed by atoms with Gasteiger partial charge in [0, 0.05) is 11.8 Å². The Bertz CT molecular complexity index is 856. The quantitative estimate of drug-likeness (QED) is 0.579. The zero-order valence-electron chi connectivity index (χ0n) is 13.4. The first-order valence-corrected chi connectivity index (χ1v) is 7.62. The second-order valence-electron chi connectivity index (χ2n) is 5.30. The molecular formula is C16H13ClF3N3O3. The monoisotopic (exact) mass is 387 g/mol. The van der Waals surface area contributed by atoms with Crippen molar-refractivity contribution in [3.8, 4) is 0 Å². The maximum atomic E-state index is 12.8. The summed E-state index contributed by atoms with van der Waals surface area (Å²) in [6.07, 6.45) is -4.61. The van der Waals surface area contributed by atoms with Gasteiger partial charge in [-0.25, -0.2) is 0 Å². The molecule has 0 unspecified atom stereocenters. The first-order chi connectivity index (χ1) is 12.1. The molecule has 2 aromatic rings. The third-order valence-corrected chi connectivity index (χ3v) is 3.83. The predicted molar refractivity (Wildman–Crippen MR) is 91.4 cm³/mol. The molecule has 138 valence electrons. The Balaban J connectivity index is 2.06. The van der Waals surface area contributed by atoms with Crippen molar-refractivity contribution in [3.63, 3.8) is 0 Å². The van der Waals surface area contributed by atoms with Crippen LogP contribution in [0.25, 0.3) is 0 Å². The van der Waals surface area contributed by atoms with Gasteiger partial charge in [0.25, 0.3) is 5.69 Å². The van der Waals surface area contributed by atoms with Gasteiger partial charge in [-0.15, -0.1) is 0 Å². The summed E-state index contributed by atoms with van der Waals surface area (Å²) in [5.74, 6) is -0.572. The number of nitrogens with zero attached hydrogens (tertiary/aromatic N) is 1. The number of carbonyl (C=O) groups is 1. The lowest BCUT2D eigenvalue weighted by Crippen LogP contribution is -2.22. The molecule has 0 aliphatic carbocycles. The van der Waals surface area contributed by atoms with Crippen molar-refractivity contribution >= 4 is 34.6 Å². The fourth-order valence-electron chi connectivity index (χ4n) is 2.19. The van der Waals surface area contributed by atoms with Crippen molar-refractivity contribution in [3.05, 3.63) is 62.7 Å². The van der Waals surface area contributed by atoms with E-state index in [1.165, 1.54) is 31.2 Å². The van der Waals surface area contributed by atoms with Crippen molar-refractivity contribution in [2.24, 2.45) is 0 Å². The van der Waals surface area contributed by atoms with E-state index in [1.54, 1.807) is 0 Å². The summed E-state index contributed by atoms with van der Waals surface area (Å²) in [6.45, 7) is 1.15. The van der Waals surface area contributed by atoms with E-state index in [9.17, 15) is 28.1 Å². The molecule has 2 rings (SSSR count). The molecule has 6 nitrogen and oxygen atoms in total. The number of nitro benzene ring substituents is 1. The van der Waals surface area contributed by atoms with E-state index in [4.69, 9.17) is 11.6 Å². The van der Waals surface area contributed by atoms with Gasteiger partial charge >= 0.3 is 6.18 Å². The summed E-state index contributed by atoms with van der Waals surface area (Å²) in [7, 11) is 0. The second-order valence-corrected chi connectivity index (χ2v) is 5.71. The van der Waals surface area contributed by atoms with Gasteiger partial charge in [-0.2, -0.15) is 13.2 Å². The molecule has 1 amide bonds. The lowest BCUT2D eigenvalue weighted by atomic mass is 10.1. The predicted octanol–water partition coefficient (Wildman–Crippen LogP) is 4.63. The number of halogens is 4. The summed E-state index contributed by atoms with van der Waals surface area (Å²) in [4.78, 5) is 22.3. The highest BCUT2D eigenvalue weighted by Crippen LogP contribution is 2.36. The van der Waals surface area contributed by atoms with E-state index in [0.29, 0.717) is 0 Å².